The molecule has 0 amide bonds. The minimum atomic E-state index is 0.357. The average Bonchev–Trinajstić information content (AvgIpc) is 2.77. The summed E-state index contributed by atoms with van der Waals surface area (Å²) in [4.78, 5) is 6.00. The molecular formula is C17H24N2S. The Hall–Kier alpha value is -1.19. The highest BCUT2D eigenvalue weighted by Crippen LogP contribution is 2.24. The van der Waals surface area contributed by atoms with Crippen molar-refractivity contribution in [1.29, 1.82) is 0 Å². The molecule has 1 aromatic carbocycles. The molecule has 20 heavy (non-hydrogen) atoms. The van der Waals surface area contributed by atoms with Gasteiger partial charge in [0.05, 0.1) is 10.7 Å². The number of aryl methyl sites for hydroxylation is 3. The summed E-state index contributed by atoms with van der Waals surface area (Å²) >= 11 is 1.82. The van der Waals surface area contributed by atoms with E-state index in [9.17, 15) is 0 Å². The first kappa shape index (κ1) is 15.2. The molecule has 0 aliphatic rings. The summed E-state index contributed by atoms with van der Waals surface area (Å²) in [5.41, 5.74) is 3.92. The zero-order valence-corrected chi connectivity index (χ0v) is 13.7. The van der Waals surface area contributed by atoms with Crippen molar-refractivity contribution in [2.45, 2.75) is 46.6 Å². The second-order valence-corrected chi connectivity index (χ2v) is 6.45. The topological polar surface area (TPSA) is 24.9 Å². The van der Waals surface area contributed by atoms with Crippen LogP contribution in [0.2, 0.25) is 0 Å². The molecule has 1 unspecified atom stereocenters. The van der Waals surface area contributed by atoms with Crippen molar-refractivity contribution < 1.29 is 0 Å². The van der Waals surface area contributed by atoms with Gasteiger partial charge in [-0.2, -0.15) is 0 Å². The van der Waals surface area contributed by atoms with Crippen molar-refractivity contribution in [1.82, 2.24) is 10.3 Å². The summed E-state index contributed by atoms with van der Waals surface area (Å²) in [6.07, 6.45) is 2.07. The molecule has 0 radical (unpaired) electrons. The van der Waals surface area contributed by atoms with Gasteiger partial charge in [0.15, 0.2) is 0 Å². The number of benzene rings is 1. The predicted octanol–water partition coefficient (Wildman–Crippen LogP) is 4.22. The summed E-state index contributed by atoms with van der Waals surface area (Å²) in [6.45, 7) is 9.57. The first-order valence-electron chi connectivity index (χ1n) is 7.39. The molecular weight excluding hydrogens is 264 g/mol. The molecule has 0 bridgehead atoms. The molecule has 0 spiro atoms. The van der Waals surface area contributed by atoms with Gasteiger partial charge in [-0.25, -0.2) is 4.98 Å². The average molecular weight is 288 g/mol. The van der Waals surface area contributed by atoms with Crippen LogP contribution in [0.15, 0.2) is 24.3 Å². The number of hydrogen-bond acceptors (Lipinski definition) is 3. The quantitative estimate of drug-likeness (QED) is 0.861. The molecule has 1 atom stereocenters. The lowest BCUT2D eigenvalue weighted by molar-refractivity contribution is 0.548. The fraction of sp³-hybridized carbons (Fsp3) is 0.471. The monoisotopic (exact) mass is 288 g/mol. The van der Waals surface area contributed by atoms with E-state index in [1.165, 1.54) is 26.7 Å². The van der Waals surface area contributed by atoms with E-state index in [-0.39, 0.29) is 0 Å². The van der Waals surface area contributed by atoms with Crippen molar-refractivity contribution in [3.63, 3.8) is 0 Å². The van der Waals surface area contributed by atoms with Crippen LogP contribution in [0, 0.1) is 13.8 Å². The Bertz CT molecular complexity index is 523. The molecule has 1 heterocycles. The zero-order chi connectivity index (χ0) is 14.5. The summed E-state index contributed by atoms with van der Waals surface area (Å²) < 4.78 is 0. The maximum atomic E-state index is 4.67. The standard InChI is InChI=1S/C17H24N2S/c1-5-14-7-9-15(10-8-14)16(18-6-2)11-17-19-12(3)13(4)20-17/h7-10,16,18H,5-6,11H2,1-4H3. The Morgan fingerprint density at radius 2 is 1.85 bits per heavy atom. The third kappa shape index (κ3) is 3.68. The number of hydrogen-bond donors (Lipinski definition) is 1. The Balaban J connectivity index is 2.16. The number of nitrogens with one attached hydrogen (secondary N) is 1. The molecule has 108 valence electrons. The van der Waals surface area contributed by atoms with E-state index in [0.717, 1.165) is 19.4 Å². The molecule has 1 aromatic heterocycles. The number of aromatic nitrogens is 1. The molecule has 3 heteroatoms. The Morgan fingerprint density at radius 1 is 1.15 bits per heavy atom. The number of rotatable bonds is 6. The minimum absolute atomic E-state index is 0.357. The lowest BCUT2D eigenvalue weighted by atomic mass is 10.0. The van der Waals surface area contributed by atoms with Crippen LogP contribution in [0.1, 0.15) is 46.6 Å². The molecule has 2 aromatic rings. The summed E-state index contributed by atoms with van der Waals surface area (Å²) in [7, 11) is 0. The lowest BCUT2D eigenvalue weighted by Gasteiger charge is -2.17. The highest BCUT2D eigenvalue weighted by atomic mass is 32.1. The smallest absolute Gasteiger partial charge is 0.0949 e. The lowest BCUT2D eigenvalue weighted by Crippen LogP contribution is -2.22. The normalized spacial score (nSPS) is 12.6. The van der Waals surface area contributed by atoms with Gasteiger partial charge >= 0.3 is 0 Å². The van der Waals surface area contributed by atoms with Gasteiger partial charge in [-0.05, 0) is 37.9 Å². The van der Waals surface area contributed by atoms with Crippen LogP contribution in [0.3, 0.4) is 0 Å². The first-order chi connectivity index (χ1) is 9.63. The van der Waals surface area contributed by atoms with E-state index in [2.05, 4.69) is 62.3 Å². The predicted molar refractivity (Wildman–Crippen MR) is 87.5 cm³/mol. The van der Waals surface area contributed by atoms with Crippen LogP contribution in [0.25, 0.3) is 0 Å². The zero-order valence-electron chi connectivity index (χ0n) is 12.9. The SMILES string of the molecule is CCNC(Cc1nc(C)c(C)s1)c1ccc(CC)cc1. The Labute approximate surface area is 126 Å². The van der Waals surface area contributed by atoms with Crippen molar-refractivity contribution in [2.24, 2.45) is 0 Å². The van der Waals surface area contributed by atoms with Crippen molar-refractivity contribution in [3.8, 4) is 0 Å². The molecule has 0 aliphatic carbocycles. The van der Waals surface area contributed by atoms with Gasteiger partial charge in [-0.15, -0.1) is 11.3 Å². The fourth-order valence-corrected chi connectivity index (χ4v) is 3.32. The molecule has 2 nitrogen and oxygen atoms in total. The van der Waals surface area contributed by atoms with Crippen molar-refractivity contribution in [2.75, 3.05) is 6.54 Å². The molecule has 0 fully saturated rings. The van der Waals surface area contributed by atoms with E-state index in [1.54, 1.807) is 0 Å². The fourth-order valence-electron chi connectivity index (χ4n) is 2.34. The van der Waals surface area contributed by atoms with Crippen LogP contribution in [-0.2, 0) is 12.8 Å². The van der Waals surface area contributed by atoms with E-state index < -0.39 is 0 Å². The first-order valence-corrected chi connectivity index (χ1v) is 8.20. The Morgan fingerprint density at radius 3 is 2.35 bits per heavy atom. The number of thiazole rings is 1. The van der Waals surface area contributed by atoms with Crippen molar-refractivity contribution in [3.05, 3.63) is 51.0 Å². The van der Waals surface area contributed by atoms with Crippen LogP contribution in [-0.4, -0.2) is 11.5 Å². The highest BCUT2D eigenvalue weighted by Gasteiger charge is 2.14. The van der Waals surface area contributed by atoms with Crippen LogP contribution in [0.5, 0.6) is 0 Å². The molecule has 2 rings (SSSR count). The van der Waals surface area contributed by atoms with Gasteiger partial charge in [0.25, 0.3) is 0 Å². The maximum absolute atomic E-state index is 4.67. The molecule has 0 aliphatic heterocycles. The maximum Gasteiger partial charge on any atom is 0.0949 e. The number of nitrogens with zero attached hydrogens (tertiary/aromatic N) is 1. The van der Waals surface area contributed by atoms with Gasteiger partial charge < -0.3 is 5.32 Å². The van der Waals surface area contributed by atoms with Crippen molar-refractivity contribution >= 4 is 11.3 Å². The van der Waals surface area contributed by atoms with Gasteiger partial charge in [0, 0.05) is 17.3 Å². The highest BCUT2D eigenvalue weighted by molar-refractivity contribution is 7.11. The van der Waals surface area contributed by atoms with E-state index in [4.69, 9.17) is 0 Å². The van der Waals surface area contributed by atoms with E-state index >= 15 is 0 Å². The molecule has 1 N–H and O–H groups in total. The van der Waals surface area contributed by atoms with Crippen LogP contribution >= 0.6 is 11.3 Å². The number of likely N-dealkylation sites (N-methyl/N-ethyl adjacent to an activating group) is 1. The Kier molecular flexibility index (Phi) is 5.32. The second-order valence-electron chi connectivity index (χ2n) is 5.16. The second kappa shape index (κ2) is 7.00. The van der Waals surface area contributed by atoms with E-state index in [0.29, 0.717) is 6.04 Å². The molecule has 0 saturated heterocycles. The van der Waals surface area contributed by atoms with Crippen LogP contribution in [0.4, 0.5) is 0 Å². The summed E-state index contributed by atoms with van der Waals surface area (Å²) in [6, 6.07) is 9.32. The van der Waals surface area contributed by atoms with Gasteiger partial charge in [-0.3, -0.25) is 0 Å². The minimum Gasteiger partial charge on any atom is -0.310 e. The van der Waals surface area contributed by atoms with Gasteiger partial charge in [0.1, 0.15) is 0 Å². The third-order valence-electron chi connectivity index (χ3n) is 3.69. The third-order valence-corrected chi connectivity index (χ3v) is 4.79. The largest absolute Gasteiger partial charge is 0.310 e. The van der Waals surface area contributed by atoms with Gasteiger partial charge in [-0.1, -0.05) is 38.1 Å². The van der Waals surface area contributed by atoms with Crippen LogP contribution < -0.4 is 5.32 Å². The molecule has 0 saturated carbocycles. The summed E-state index contributed by atoms with van der Waals surface area (Å²) in [5, 5.41) is 4.81. The van der Waals surface area contributed by atoms with E-state index in [1.807, 2.05) is 11.3 Å². The van der Waals surface area contributed by atoms with Gasteiger partial charge in [0.2, 0.25) is 0 Å². The summed E-state index contributed by atoms with van der Waals surface area (Å²) in [5.74, 6) is 0.